The molecule has 0 aliphatic heterocycles. The number of benzene rings is 1. The van der Waals surface area contributed by atoms with Crippen LogP contribution in [0.15, 0.2) is 17.0 Å². The summed E-state index contributed by atoms with van der Waals surface area (Å²) in [4.78, 5) is 10.4. The monoisotopic (exact) mass is 306 g/mol. The quantitative estimate of drug-likeness (QED) is 0.645. The largest absolute Gasteiger partial charge is 0.493 e. The van der Waals surface area contributed by atoms with Crippen LogP contribution in [0.2, 0.25) is 0 Å². The lowest BCUT2D eigenvalue weighted by atomic mass is 10.1. The Morgan fingerprint density at radius 2 is 1.95 bits per heavy atom. The topological polar surface area (TPSA) is 80.7 Å². The fourth-order valence-electron chi connectivity index (χ4n) is 1.60. The van der Waals surface area contributed by atoms with Gasteiger partial charge in [-0.3, -0.25) is 4.79 Å². The molecule has 1 aromatic rings. The zero-order chi connectivity index (χ0) is 14.6. The third-order valence-electron chi connectivity index (χ3n) is 2.74. The second-order valence-corrected chi connectivity index (χ2v) is 6.63. The summed E-state index contributed by atoms with van der Waals surface area (Å²) in [5, 5.41) is 8.50. The average Bonchev–Trinajstić information content (AvgIpc) is 2.27. The van der Waals surface area contributed by atoms with Gasteiger partial charge in [0.15, 0.2) is 0 Å². The molecule has 1 rings (SSSR count). The van der Waals surface area contributed by atoms with Crippen molar-refractivity contribution < 1.29 is 23.1 Å². The Hall–Kier alpha value is -1.27. The van der Waals surface area contributed by atoms with E-state index in [-0.39, 0.29) is 17.9 Å². The average molecular weight is 307 g/mol. The van der Waals surface area contributed by atoms with Gasteiger partial charge in [-0.05, 0) is 43.5 Å². The van der Waals surface area contributed by atoms with Crippen LogP contribution in [0, 0.1) is 13.8 Å². The molecule has 1 aromatic carbocycles. The van der Waals surface area contributed by atoms with Crippen molar-refractivity contribution >= 4 is 25.7 Å². The van der Waals surface area contributed by atoms with Gasteiger partial charge in [0.2, 0.25) is 0 Å². The molecule has 7 heteroatoms. The summed E-state index contributed by atoms with van der Waals surface area (Å²) in [6, 6.07) is 2.91. The standard InChI is InChI=1S/C12H15ClO5S/c1-8-9(2)11(19(13,16)17)6-5-10(8)18-7-3-4-12(14)15/h5-6H,3-4,7H2,1-2H3,(H,14,15). The van der Waals surface area contributed by atoms with E-state index in [1.165, 1.54) is 12.1 Å². The zero-order valence-corrected chi connectivity index (χ0v) is 12.2. The molecule has 5 nitrogen and oxygen atoms in total. The number of aliphatic carboxylic acids is 1. The molecular weight excluding hydrogens is 292 g/mol. The maximum Gasteiger partial charge on any atom is 0.303 e. The van der Waals surface area contributed by atoms with E-state index in [2.05, 4.69) is 0 Å². The predicted octanol–water partition coefficient (Wildman–Crippen LogP) is 2.47. The van der Waals surface area contributed by atoms with Crippen LogP contribution in [0.25, 0.3) is 0 Å². The molecule has 19 heavy (non-hydrogen) atoms. The first-order chi connectivity index (χ1) is 8.73. The summed E-state index contributed by atoms with van der Waals surface area (Å²) in [5.74, 6) is -0.341. The summed E-state index contributed by atoms with van der Waals surface area (Å²) in [6.07, 6.45) is 0.426. The number of carboxylic acids is 1. The van der Waals surface area contributed by atoms with Gasteiger partial charge in [0.1, 0.15) is 5.75 Å². The normalized spacial score (nSPS) is 11.3. The number of ether oxygens (including phenoxy) is 1. The van der Waals surface area contributed by atoms with Crippen molar-refractivity contribution in [3.63, 3.8) is 0 Å². The van der Waals surface area contributed by atoms with Gasteiger partial charge < -0.3 is 9.84 Å². The van der Waals surface area contributed by atoms with Crippen LogP contribution in [0.4, 0.5) is 0 Å². The Morgan fingerprint density at radius 1 is 1.32 bits per heavy atom. The third kappa shape index (κ3) is 4.40. The molecule has 0 unspecified atom stereocenters. The van der Waals surface area contributed by atoms with E-state index in [1.54, 1.807) is 13.8 Å². The van der Waals surface area contributed by atoms with Crippen molar-refractivity contribution in [3.8, 4) is 5.75 Å². The van der Waals surface area contributed by atoms with Crippen LogP contribution in [0.5, 0.6) is 5.75 Å². The summed E-state index contributed by atoms with van der Waals surface area (Å²) in [5.41, 5.74) is 1.21. The summed E-state index contributed by atoms with van der Waals surface area (Å²) in [7, 11) is 1.55. The highest BCUT2D eigenvalue weighted by atomic mass is 35.7. The van der Waals surface area contributed by atoms with Crippen LogP contribution in [-0.2, 0) is 13.8 Å². The smallest absolute Gasteiger partial charge is 0.303 e. The molecule has 0 aromatic heterocycles. The molecule has 106 valence electrons. The number of hydrogen-bond acceptors (Lipinski definition) is 4. The first-order valence-electron chi connectivity index (χ1n) is 5.63. The second kappa shape index (κ2) is 6.25. The Kier molecular flexibility index (Phi) is 5.20. The lowest BCUT2D eigenvalue weighted by Gasteiger charge is -2.12. The van der Waals surface area contributed by atoms with E-state index in [9.17, 15) is 13.2 Å². The molecule has 0 saturated heterocycles. The lowest BCUT2D eigenvalue weighted by molar-refractivity contribution is -0.137. The van der Waals surface area contributed by atoms with Crippen LogP contribution >= 0.6 is 10.7 Å². The molecule has 0 aliphatic carbocycles. The fourth-order valence-corrected chi connectivity index (χ4v) is 2.85. The zero-order valence-electron chi connectivity index (χ0n) is 10.6. The van der Waals surface area contributed by atoms with Gasteiger partial charge in [0.25, 0.3) is 9.05 Å². The minimum atomic E-state index is -3.77. The van der Waals surface area contributed by atoms with Crippen LogP contribution in [-0.4, -0.2) is 26.1 Å². The Labute approximate surface area is 116 Å². The lowest BCUT2D eigenvalue weighted by Crippen LogP contribution is -2.04. The van der Waals surface area contributed by atoms with Gasteiger partial charge >= 0.3 is 5.97 Å². The fraction of sp³-hybridized carbons (Fsp3) is 0.417. The first-order valence-corrected chi connectivity index (χ1v) is 7.94. The molecule has 0 bridgehead atoms. The highest BCUT2D eigenvalue weighted by Gasteiger charge is 2.16. The van der Waals surface area contributed by atoms with Gasteiger partial charge in [0, 0.05) is 17.1 Å². The minimum absolute atomic E-state index is 0.0339. The molecule has 0 radical (unpaired) electrons. The highest BCUT2D eigenvalue weighted by molar-refractivity contribution is 8.13. The maximum absolute atomic E-state index is 11.3. The van der Waals surface area contributed by atoms with Gasteiger partial charge in [-0.15, -0.1) is 0 Å². The van der Waals surface area contributed by atoms with Gasteiger partial charge in [0.05, 0.1) is 11.5 Å². The molecule has 0 atom stereocenters. The van der Waals surface area contributed by atoms with Crippen molar-refractivity contribution in [2.45, 2.75) is 31.6 Å². The van der Waals surface area contributed by atoms with E-state index in [1.807, 2.05) is 0 Å². The minimum Gasteiger partial charge on any atom is -0.493 e. The highest BCUT2D eigenvalue weighted by Crippen LogP contribution is 2.29. The van der Waals surface area contributed by atoms with E-state index in [0.29, 0.717) is 23.3 Å². The summed E-state index contributed by atoms with van der Waals surface area (Å²) in [6.45, 7) is 3.64. The molecule has 0 aliphatic rings. The summed E-state index contributed by atoms with van der Waals surface area (Å²) < 4.78 is 28.1. The van der Waals surface area contributed by atoms with Crippen LogP contribution in [0.1, 0.15) is 24.0 Å². The number of carboxylic acid groups (broad SMARTS) is 1. The first kappa shape index (κ1) is 15.8. The van der Waals surface area contributed by atoms with Gasteiger partial charge in [-0.1, -0.05) is 0 Å². The van der Waals surface area contributed by atoms with E-state index < -0.39 is 15.0 Å². The SMILES string of the molecule is Cc1c(OCCCC(=O)O)ccc(S(=O)(=O)Cl)c1C. The number of carbonyl (C=O) groups is 1. The van der Waals surface area contributed by atoms with Crippen LogP contribution < -0.4 is 4.74 Å². The van der Waals surface area contributed by atoms with E-state index in [4.69, 9.17) is 20.5 Å². The van der Waals surface area contributed by atoms with Crippen molar-refractivity contribution in [3.05, 3.63) is 23.3 Å². The Balaban J connectivity index is 2.83. The van der Waals surface area contributed by atoms with Crippen LogP contribution in [0.3, 0.4) is 0 Å². The Bertz CT molecular complexity index is 580. The van der Waals surface area contributed by atoms with Crippen molar-refractivity contribution in [1.82, 2.24) is 0 Å². The molecule has 0 fully saturated rings. The molecule has 0 amide bonds. The van der Waals surface area contributed by atoms with E-state index in [0.717, 1.165) is 0 Å². The number of halogens is 1. The van der Waals surface area contributed by atoms with E-state index >= 15 is 0 Å². The second-order valence-electron chi connectivity index (χ2n) is 4.10. The molecule has 0 heterocycles. The van der Waals surface area contributed by atoms with Gasteiger partial charge in [-0.2, -0.15) is 0 Å². The molecule has 0 spiro atoms. The molecule has 1 N–H and O–H groups in total. The van der Waals surface area contributed by atoms with Crippen molar-refractivity contribution in [1.29, 1.82) is 0 Å². The van der Waals surface area contributed by atoms with Crippen molar-refractivity contribution in [2.24, 2.45) is 0 Å². The molecule has 0 saturated carbocycles. The van der Waals surface area contributed by atoms with Gasteiger partial charge in [-0.25, -0.2) is 8.42 Å². The maximum atomic E-state index is 11.3. The number of hydrogen-bond donors (Lipinski definition) is 1. The number of rotatable bonds is 6. The Morgan fingerprint density at radius 3 is 2.47 bits per heavy atom. The third-order valence-corrected chi connectivity index (χ3v) is 4.21. The molecular formula is C12H15ClO5S. The van der Waals surface area contributed by atoms with Crippen molar-refractivity contribution in [2.75, 3.05) is 6.61 Å². The summed E-state index contributed by atoms with van der Waals surface area (Å²) >= 11 is 0. The predicted molar refractivity (Wildman–Crippen MR) is 71.3 cm³/mol.